The molecule has 0 bridgehead atoms. The summed E-state index contributed by atoms with van der Waals surface area (Å²) in [7, 11) is 0. The molecule has 0 aliphatic carbocycles. The molecule has 2 amide bonds. The van der Waals surface area contributed by atoms with Crippen LogP contribution in [0.3, 0.4) is 0 Å². The second kappa shape index (κ2) is 8.96. The zero-order chi connectivity index (χ0) is 22.7. The fourth-order valence-corrected chi connectivity index (χ4v) is 3.47. The van der Waals surface area contributed by atoms with Crippen molar-refractivity contribution in [3.8, 4) is 0 Å². The Kier molecular flexibility index (Phi) is 5.92. The molecule has 1 aliphatic rings. The van der Waals surface area contributed by atoms with Gasteiger partial charge < -0.3 is 25.7 Å². The molecule has 166 valence electrons. The summed E-state index contributed by atoms with van der Waals surface area (Å²) in [5, 5.41) is 2.63. The first-order valence-electron chi connectivity index (χ1n) is 10.1. The summed E-state index contributed by atoms with van der Waals surface area (Å²) in [6.45, 7) is 2.71. The number of primary amides is 1. The minimum atomic E-state index is -0.989. The van der Waals surface area contributed by atoms with Crippen LogP contribution >= 0.6 is 0 Å². The van der Waals surface area contributed by atoms with Gasteiger partial charge in [0.25, 0.3) is 5.91 Å². The summed E-state index contributed by atoms with van der Waals surface area (Å²) < 4.78 is 5.39. The number of aromatic nitrogens is 5. The first-order valence-corrected chi connectivity index (χ1v) is 10.1. The number of H-pyrrole nitrogens is 1. The molecule has 12 heteroatoms. The van der Waals surface area contributed by atoms with Crippen LogP contribution in [0.4, 0.5) is 11.6 Å². The number of esters is 1. The maximum Gasteiger partial charge on any atom is 0.309 e. The second-order valence-electron chi connectivity index (χ2n) is 7.42. The van der Waals surface area contributed by atoms with Crippen LogP contribution in [0.1, 0.15) is 30.1 Å². The number of hydrogen-bond donors (Lipinski definition) is 3. The van der Waals surface area contributed by atoms with Gasteiger partial charge in [-0.1, -0.05) is 0 Å². The number of piperidine rings is 1. The first kappa shape index (κ1) is 21.2. The smallest absolute Gasteiger partial charge is 0.309 e. The fraction of sp³-hybridized carbons (Fsp3) is 0.350. The monoisotopic (exact) mass is 438 g/mol. The number of nitrogens with two attached hydrogens (primary N) is 1. The van der Waals surface area contributed by atoms with E-state index < -0.39 is 23.9 Å². The molecular formula is C20H22N8O4. The van der Waals surface area contributed by atoms with E-state index in [1.54, 1.807) is 12.1 Å². The van der Waals surface area contributed by atoms with Crippen LogP contribution in [0.25, 0.3) is 11.2 Å². The summed E-state index contributed by atoms with van der Waals surface area (Å²) in [5.41, 5.74) is 6.49. The van der Waals surface area contributed by atoms with Gasteiger partial charge in [-0.25, -0.2) is 19.9 Å². The Morgan fingerprint density at radius 2 is 1.97 bits per heavy atom. The molecule has 1 unspecified atom stereocenters. The number of anilines is 2. The highest BCUT2D eigenvalue weighted by Crippen LogP contribution is 2.23. The number of rotatable bonds is 6. The van der Waals surface area contributed by atoms with Crippen LogP contribution in [0.15, 0.2) is 31.0 Å². The van der Waals surface area contributed by atoms with Crippen molar-refractivity contribution in [2.24, 2.45) is 11.7 Å². The first-order chi connectivity index (χ1) is 15.4. The van der Waals surface area contributed by atoms with Gasteiger partial charge in [0.1, 0.15) is 17.7 Å². The fourth-order valence-electron chi connectivity index (χ4n) is 3.47. The number of ether oxygens (including phenoxy) is 1. The lowest BCUT2D eigenvalue weighted by Gasteiger charge is -2.32. The molecule has 4 heterocycles. The van der Waals surface area contributed by atoms with E-state index in [1.165, 1.54) is 25.8 Å². The third-order valence-corrected chi connectivity index (χ3v) is 5.31. The number of imidazole rings is 1. The minimum Gasteiger partial charge on any atom is -0.452 e. The normalized spacial score (nSPS) is 15.3. The Balaban J connectivity index is 1.29. The van der Waals surface area contributed by atoms with E-state index in [0.29, 0.717) is 48.5 Å². The molecule has 3 aromatic rings. The van der Waals surface area contributed by atoms with E-state index >= 15 is 0 Å². The number of nitrogens with zero attached hydrogens (tertiary/aromatic N) is 5. The van der Waals surface area contributed by atoms with Gasteiger partial charge in [-0.05, 0) is 31.9 Å². The van der Waals surface area contributed by atoms with Crippen molar-refractivity contribution >= 4 is 40.6 Å². The van der Waals surface area contributed by atoms with Gasteiger partial charge in [0, 0.05) is 19.3 Å². The van der Waals surface area contributed by atoms with Crippen molar-refractivity contribution in [1.29, 1.82) is 0 Å². The van der Waals surface area contributed by atoms with Gasteiger partial charge >= 0.3 is 5.97 Å². The Hall–Kier alpha value is -4.09. The number of fused-ring (bicyclic) bond motifs is 1. The lowest BCUT2D eigenvalue weighted by Crippen LogP contribution is -2.39. The molecule has 0 spiro atoms. The average Bonchev–Trinajstić information content (AvgIpc) is 3.29. The van der Waals surface area contributed by atoms with Crippen LogP contribution < -0.4 is 16.0 Å². The van der Waals surface area contributed by atoms with Crippen LogP contribution in [-0.2, 0) is 14.3 Å². The summed E-state index contributed by atoms with van der Waals surface area (Å²) >= 11 is 0. The van der Waals surface area contributed by atoms with Gasteiger partial charge in [-0.3, -0.25) is 14.4 Å². The number of hydrogen-bond acceptors (Lipinski definition) is 9. The number of carbonyl (C=O) groups is 3. The number of nitrogens with one attached hydrogen (secondary N) is 2. The highest BCUT2D eigenvalue weighted by atomic mass is 16.5. The van der Waals surface area contributed by atoms with E-state index in [9.17, 15) is 14.4 Å². The maximum absolute atomic E-state index is 12.6. The maximum atomic E-state index is 12.6. The van der Waals surface area contributed by atoms with Crippen molar-refractivity contribution in [2.45, 2.75) is 25.9 Å². The molecule has 12 nitrogen and oxygen atoms in total. The average molecular weight is 438 g/mol. The van der Waals surface area contributed by atoms with E-state index in [1.807, 2.05) is 4.90 Å². The molecule has 0 radical (unpaired) electrons. The van der Waals surface area contributed by atoms with Crippen molar-refractivity contribution < 1.29 is 19.1 Å². The molecular weight excluding hydrogens is 416 g/mol. The lowest BCUT2D eigenvalue weighted by atomic mass is 9.97. The predicted molar refractivity (Wildman–Crippen MR) is 114 cm³/mol. The van der Waals surface area contributed by atoms with Crippen LogP contribution in [0.2, 0.25) is 0 Å². The van der Waals surface area contributed by atoms with Gasteiger partial charge in [0.05, 0.1) is 17.8 Å². The molecule has 1 saturated heterocycles. The van der Waals surface area contributed by atoms with E-state index in [2.05, 4.69) is 30.2 Å². The molecule has 4 rings (SSSR count). The number of amides is 2. The predicted octanol–water partition coefficient (Wildman–Crippen LogP) is 0.634. The Morgan fingerprint density at radius 3 is 2.66 bits per heavy atom. The van der Waals surface area contributed by atoms with Crippen LogP contribution in [-0.4, -0.2) is 61.9 Å². The van der Waals surface area contributed by atoms with Gasteiger partial charge in [-0.15, -0.1) is 0 Å². The number of aromatic amines is 1. The van der Waals surface area contributed by atoms with E-state index in [0.717, 1.165) is 0 Å². The minimum absolute atomic E-state index is 0.267. The number of pyridine rings is 1. The third kappa shape index (κ3) is 4.48. The van der Waals surface area contributed by atoms with E-state index in [4.69, 9.17) is 10.5 Å². The highest BCUT2D eigenvalue weighted by molar-refractivity contribution is 5.99. The summed E-state index contributed by atoms with van der Waals surface area (Å²) in [6, 6.07) is 3.36. The third-order valence-electron chi connectivity index (χ3n) is 5.31. The molecule has 0 aromatic carbocycles. The molecule has 0 saturated carbocycles. The summed E-state index contributed by atoms with van der Waals surface area (Å²) in [6.07, 6.45) is 4.32. The summed E-state index contributed by atoms with van der Waals surface area (Å²) in [5.74, 6) is -0.780. The summed E-state index contributed by atoms with van der Waals surface area (Å²) in [4.78, 5) is 57.4. The molecule has 1 atom stereocenters. The lowest BCUT2D eigenvalue weighted by molar-refractivity contribution is -0.158. The van der Waals surface area contributed by atoms with Gasteiger partial charge in [-0.2, -0.15) is 0 Å². The second-order valence-corrected chi connectivity index (χ2v) is 7.42. The standard InChI is InChI=1S/C20H22N8O4/c1-11(19(30)27-18-15-17(24-9-23-15)25-10-26-18)32-20(31)12-4-6-28(7-5-12)14-3-2-13(8-22-14)16(21)29/h2-3,8-12H,4-7H2,1H3,(H2,21,29)(H2,23,24,25,26,27,30). The van der Waals surface area contributed by atoms with Crippen LogP contribution in [0, 0.1) is 5.92 Å². The Bertz CT molecular complexity index is 1140. The topological polar surface area (TPSA) is 169 Å². The van der Waals surface area contributed by atoms with Gasteiger partial charge in [0.2, 0.25) is 5.91 Å². The number of carbonyl (C=O) groups excluding carboxylic acids is 3. The van der Waals surface area contributed by atoms with Crippen molar-refractivity contribution in [2.75, 3.05) is 23.3 Å². The zero-order valence-corrected chi connectivity index (χ0v) is 17.3. The quantitative estimate of drug-likeness (QED) is 0.467. The van der Waals surface area contributed by atoms with Crippen molar-refractivity contribution in [3.05, 3.63) is 36.5 Å². The van der Waals surface area contributed by atoms with Crippen LogP contribution in [0.5, 0.6) is 0 Å². The molecule has 3 aromatic heterocycles. The molecule has 4 N–H and O–H groups in total. The SMILES string of the molecule is CC(OC(=O)C1CCN(c2ccc(C(N)=O)cn2)CC1)C(=O)Nc1ncnc2nc[nH]c12. The molecule has 1 fully saturated rings. The molecule has 1 aliphatic heterocycles. The Labute approximate surface area is 182 Å². The highest BCUT2D eigenvalue weighted by Gasteiger charge is 2.29. The van der Waals surface area contributed by atoms with Crippen molar-refractivity contribution in [1.82, 2.24) is 24.9 Å². The van der Waals surface area contributed by atoms with Crippen molar-refractivity contribution in [3.63, 3.8) is 0 Å². The molecule has 32 heavy (non-hydrogen) atoms. The Morgan fingerprint density at radius 1 is 1.19 bits per heavy atom. The zero-order valence-electron chi connectivity index (χ0n) is 17.3. The van der Waals surface area contributed by atoms with E-state index in [-0.39, 0.29) is 11.7 Å². The van der Waals surface area contributed by atoms with Gasteiger partial charge in [0.15, 0.2) is 17.6 Å². The largest absolute Gasteiger partial charge is 0.452 e.